The fourth-order valence-electron chi connectivity index (χ4n) is 2.06. The van der Waals surface area contributed by atoms with Crippen LogP contribution in [0, 0.1) is 24.1 Å². The summed E-state index contributed by atoms with van der Waals surface area (Å²) in [5, 5.41) is 9.52. The number of ether oxygens (including phenoxy) is 1. The van der Waals surface area contributed by atoms with Gasteiger partial charge in [-0.3, -0.25) is 0 Å². The number of hydrogen-bond acceptors (Lipinski definition) is 2. The Morgan fingerprint density at radius 3 is 2.67 bits per heavy atom. The summed E-state index contributed by atoms with van der Waals surface area (Å²) in [7, 11) is 0. The van der Waals surface area contributed by atoms with E-state index in [-0.39, 0.29) is 6.61 Å². The van der Waals surface area contributed by atoms with Crippen LogP contribution in [0.25, 0.3) is 0 Å². The topological polar surface area (TPSA) is 33.0 Å². The summed E-state index contributed by atoms with van der Waals surface area (Å²) in [4.78, 5) is 0. The van der Waals surface area contributed by atoms with Crippen LogP contribution in [0.2, 0.25) is 0 Å². The van der Waals surface area contributed by atoms with Crippen LogP contribution in [0.5, 0.6) is 5.75 Å². The normalized spacial score (nSPS) is 10.2. The first kappa shape index (κ1) is 16.0. The molecule has 0 heterocycles. The Labute approximate surface area is 139 Å². The summed E-state index contributed by atoms with van der Waals surface area (Å²) in [5.74, 6) is 0.346. The number of nitrogens with zero attached hydrogens (tertiary/aromatic N) is 1. The van der Waals surface area contributed by atoms with Crippen LogP contribution in [0.1, 0.15) is 22.3 Å². The molecule has 2 rings (SSSR count). The second-order valence-corrected chi connectivity index (χ2v) is 6.07. The molecule has 0 fully saturated rings. The summed E-state index contributed by atoms with van der Waals surface area (Å²) in [6.07, 6.45) is 0. The molecule has 0 radical (unpaired) electrons. The second kappa shape index (κ2) is 7.06. The van der Waals surface area contributed by atoms with Crippen molar-refractivity contribution in [2.45, 2.75) is 18.9 Å². The Hall–Kier alpha value is -1.38. The largest absolute Gasteiger partial charge is 0.488 e. The van der Waals surface area contributed by atoms with Crippen molar-refractivity contribution < 1.29 is 9.13 Å². The lowest BCUT2D eigenvalue weighted by atomic mass is 10.1. The lowest BCUT2D eigenvalue weighted by Gasteiger charge is -2.14. The third kappa shape index (κ3) is 4.05. The van der Waals surface area contributed by atoms with Gasteiger partial charge in [0.15, 0.2) is 0 Å². The summed E-state index contributed by atoms with van der Waals surface area (Å²) in [6, 6.07) is 10.1. The van der Waals surface area contributed by atoms with Crippen molar-refractivity contribution in [3.8, 4) is 11.8 Å². The van der Waals surface area contributed by atoms with Gasteiger partial charge in [-0.25, -0.2) is 4.39 Å². The van der Waals surface area contributed by atoms with Crippen molar-refractivity contribution in [1.29, 1.82) is 5.26 Å². The fourth-order valence-corrected chi connectivity index (χ4v) is 3.10. The first-order chi connectivity index (χ1) is 10.0. The Bertz CT molecular complexity index is 710. The van der Waals surface area contributed by atoms with E-state index in [1.54, 1.807) is 6.07 Å². The molecule has 0 amide bonds. The zero-order valence-electron chi connectivity index (χ0n) is 11.3. The lowest BCUT2D eigenvalue weighted by Crippen LogP contribution is -2.01. The molecule has 108 valence electrons. The number of alkyl halides is 1. The monoisotopic (exact) mass is 411 g/mol. The number of rotatable bonds is 4. The fraction of sp³-hybridized carbons (Fsp3) is 0.188. The number of halogens is 3. The van der Waals surface area contributed by atoms with E-state index in [0.717, 1.165) is 21.3 Å². The molecular formula is C16H12Br2FNO. The molecule has 0 saturated carbocycles. The molecule has 2 aromatic rings. The highest BCUT2D eigenvalue weighted by Gasteiger charge is 2.09. The maximum Gasteiger partial charge on any atom is 0.126 e. The standard InChI is InChI=1S/C16H12Br2FNO/c1-10-2-14(18)6-13(7-17)16(10)21-9-12-3-11(8-20)4-15(19)5-12/h2-6H,7,9H2,1H3. The van der Waals surface area contributed by atoms with Gasteiger partial charge in [-0.1, -0.05) is 31.9 Å². The molecule has 0 saturated heterocycles. The predicted octanol–water partition coefficient (Wildman–Crippen LogP) is 5.24. The van der Waals surface area contributed by atoms with Gasteiger partial charge in [-0.05, 0) is 48.4 Å². The highest BCUT2D eigenvalue weighted by atomic mass is 79.9. The van der Waals surface area contributed by atoms with E-state index < -0.39 is 5.82 Å². The Morgan fingerprint density at radius 2 is 2.00 bits per heavy atom. The zero-order chi connectivity index (χ0) is 15.4. The van der Waals surface area contributed by atoms with Gasteiger partial charge in [0.05, 0.1) is 11.6 Å². The predicted molar refractivity (Wildman–Crippen MR) is 87.0 cm³/mol. The van der Waals surface area contributed by atoms with Crippen LogP contribution in [0.4, 0.5) is 4.39 Å². The number of benzene rings is 2. The number of aryl methyl sites for hydroxylation is 1. The average Bonchev–Trinajstić information content (AvgIpc) is 2.44. The molecule has 0 aromatic heterocycles. The second-order valence-electron chi connectivity index (χ2n) is 4.59. The van der Waals surface area contributed by atoms with Gasteiger partial charge in [0.1, 0.15) is 18.2 Å². The molecule has 0 atom stereocenters. The van der Waals surface area contributed by atoms with Crippen LogP contribution in [0.3, 0.4) is 0 Å². The van der Waals surface area contributed by atoms with Gasteiger partial charge < -0.3 is 4.74 Å². The van der Waals surface area contributed by atoms with Crippen LogP contribution in [-0.2, 0) is 11.9 Å². The minimum absolute atomic E-state index is 0.217. The van der Waals surface area contributed by atoms with E-state index in [0.29, 0.717) is 16.5 Å². The molecule has 2 nitrogen and oxygen atoms in total. The first-order valence-electron chi connectivity index (χ1n) is 6.21. The molecule has 0 unspecified atom stereocenters. The van der Waals surface area contributed by atoms with Gasteiger partial charge >= 0.3 is 0 Å². The van der Waals surface area contributed by atoms with Crippen LogP contribution >= 0.6 is 31.9 Å². The Balaban J connectivity index is 2.25. The maximum absolute atomic E-state index is 13.4. The van der Waals surface area contributed by atoms with Gasteiger partial charge in [0, 0.05) is 15.4 Å². The van der Waals surface area contributed by atoms with E-state index in [9.17, 15) is 4.39 Å². The van der Waals surface area contributed by atoms with Gasteiger partial charge in [0.2, 0.25) is 0 Å². The van der Waals surface area contributed by atoms with E-state index >= 15 is 0 Å². The molecule has 0 N–H and O–H groups in total. The summed E-state index contributed by atoms with van der Waals surface area (Å²) >= 11 is 6.88. The number of hydrogen-bond donors (Lipinski definition) is 0. The van der Waals surface area contributed by atoms with E-state index in [4.69, 9.17) is 10.00 Å². The molecule has 21 heavy (non-hydrogen) atoms. The molecule has 0 aliphatic heterocycles. The van der Waals surface area contributed by atoms with Crippen LogP contribution in [-0.4, -0.2) is 0 Å². The Morgan fingerprint density at radius 1 is 1.24 bits per heavy atom. The molecule has 0 aliphatic carbocycles. The van der Waals surface area contributed by atoms with Gasteiger partial charge in [0.25, 0.3) is 0 Å². The van der Waals surface area contributed by atoms with Gasteiger partial charge in [-0.2, -0.15) is 5.26 Å². The van der Waals surface area contributed by atoms with Crippen molar-refractivity contribution in [3.63, 3.8) is 0 Å². The summed E-state index contributed by atoms with van der Waals surface area (Å²) in [6.45, 7) is 2.17. The molecular weight excluding hydrogens is 401 g/mol. The maximum atomic E-state index is 13.4. The Kier molecular flexibility index (Phi) is 5.38. The van der Waals surface area contributed by atoms with Crippen molar-refractivity contribution in [3.05, 3.63) is 62.9 Å². The first-order valence-corrected chi connectivity index (χ1v) is 8.12. The molecule has 0 bridgehead atoms. The average molecular weight is 413 g/mol. The van der Waals surface area contributed by atoms with Gasteiger partial charge in [-0.15, -0.1) is 0 Å². The summed E-state index contributed by atoms with van der Waals surface area (Å²) in [5.41, 5.74) is 2.94. The van der Waals surface area contributed by atoms with Crippen molar-refractivity contribution >= 4 is 31.9 Å². The van der Waals surface area contributed by atoms with E-state index in [2.05, 4.69) is 31.9 Å². The van der Waals surface area contributed by atoms with Crippen molar-refractivity contribution in [2.24, 2.45) is 0 Å². The van der Waals surface area contributed by atoms with E-state index in [1.165, 1.54) is 12.1 Å². The molecule has 5 heteroatoms. The minimum atomic E-state index is -0.430. The van der Waals surface area contributed by atoms with Crippen molar-refractivity contribution in [1.82, 2.24) is 0 Å². The minimum Gasteiger partial charge on any atom is -0.488 e. The zero-order valence-corrected chi connectivity index (χ0v) is 14.5. The molecule has 2 aromatic carbocycles. The van der Waals surface area contributed by atoms with Crippen LogP contribution < -0.4 is 4.74 Å². The highest BCUT2D eigenvalue weighted by molar-refractivity contribution is 9.10. The lowest BCUT2D eigenvalue weighted by molar-refractivity contribution is 0.301. The number of nitriles is 1. The third-order valence-corrected chi connectivity index (χ3v) is 3.99. The SMILES string of the molecule is Cc1cc(Br)cc(CBr)c1OCc1cc(F)cc(C#N)c1. The van der Waals surface area contributed by atoms with Crippen LogP contribution in [0.15, 0.2) is 34.8 Å². The molecule has 0 spiro atoms. The smallest absolute Gasteiger partial charge is 0.126 e. The third-order valence-electron chi connectivity index (χ3n) is 2.93. The summed E-state index contributed by atoms with van der Waals surface area (Å²) < 4.78 is 20.2. The molecule has 0 aliphatic rings. The quantitative estimate of drug-likeness (QED) is 0.643. The van der Waals surface area contributed by atoms with E-state index in [1.807, 2.05) is 25.1 Å². The van der Waals surface area contributed by atoms with Crippen molar-refractivity contribution in [2.75, 3.05) is 0 Å². The highest BCUT2D eigenvalue weighted by Crippen LogP contribution is 2.30.